The first-order chi connectivity index (χ1) is 10.0. The largest absolute Gasteiger partial charge is 0.393 e. The van der Waals surface area contributed by atoms with E-state index in [1.54, 1.807) is 0 Å². The zero-order chi connectivity index (χ0) is 15.0. The highest BCUT2D eigenvalue weighted by Crippen LogP contribution is 2.41. The topological polar surface area (TPSA) is 35.5 Å². The van der Waals surface area contributed by atoms with E-state index in [0.717, 1.165) is 24.4 Å². The normalized spacial score (nSPS) is 28.4. The smallest absolute Gasteiger partial charge is 0.0579 e. The van der Waals surface area contributed by atoms with Crippen LogP contribution in [-0.2, 0) is 6.54 Å². The first-order valence-electron chi connectivity index (χ1n) is 8.03. The van der Waals surface area contributed by atoms with Gasteiger partial charge in [0.25, 0.3) is 0 Å². The number of hydrogen-bond donors (Lipinski definition) is 2. The van der Waals surface area contributed by atoms with Crippen LogP contribution in [-0.4, -0.2) is 29.3 Å². The summed E-state index contributed by atoms with van der Waals surface area (Å²) in [6.07, 6.45) is 4.02. The maximum Gasteiger partial charge on any atom is 0.0579 e. The highest BCUT2D eigenvalue weighted by Gasteiger charge is 2.40. The van der Waals surface area contributed by atoms with Crippen molar-refractivity contribution >= 4 is 17.3 Å². The standard InChI is InChI=1S/C17H25ClN2O/c1-11(2)19-10-12-3-4-13(18)7-17(12)20-14-5-6-15(20)9-16(21)8-14/h3-4,7,11,14-16,19,21H,5-6,8-10H2,1-2H3. The molecular weight excluding hydrogens is 284 g/mol. The van der Waals surface area contributed by atoms with E-state index < -0.39 is 0 Å². The summed E-state index contributed by atoms with van der Waals surface area (Å²) in [7, 11) is 0. The lowest BCUT2D eigenvalue weighted by Gasteiger charge is -2.40. The van der Waals surface area contributed by atoms with Gasteiger partial charge in [0.1, 0.15) is 0 Å². The van der Waals surface area contributed by atoms with Gasteiger partial charge in [-0.05, 0) is 43.4 Å². The monoisotopic (exact) mass is 308 g/mol. The second kappa shape index (κ2) is 6.15. The first kappa shape index (κ1) is 15.1. The number of piperidine rings is 1. The highest BCUT2D eigenvalue weighted by molar-refractivity contribution is 6.30. The molecule has 2 heterocycles. The summed E-state index contributed by atoms with van der Waals surface area (Å²) in [4.78, 5) is 2.52. The molecule has 0 aliphatic carbocycles. The first-order valence-corrected chi connectivity index (χ1v) is 8.40. The van der Waals surface area contributed by atoms with Gasteiger partial charge >= 0.3 is 0 Å². The van der Waals surface area contributed by atoms with Crippen molar-refractivity contribution < 1.29 is 5.11 Å². The van der Waals surface area contributed by atoms with Crippen LogP contribution >= 0.6 is 11.6 Å². The average molecular weight is 309 g/mol. The summed E-state index contributed by atoms with van der Waals surface area (Å²) in [5.41, 5.74) is 2.57. The fourth-order valence-electron chi connectivity index (χ4n) is 3.78. The Morgan fingerprint density at radius 3 is 2.57 bits per heavy atom. The Hall–Kier alpha value is -0.770. The molecule has 0 saturated carbocycles. The van der Waals surface area contributed by atoms with Crippen molar-refractivity contribution in [2.75, 3.05) is 4.90 Å². The van der Waals surface area contributed by atoms with Crippen molar-refractivity contribution in [1.82, 2.24) is 5.32 Å². The minimum Gasteiger partial charge on any atom is -0.393 e. The van der Waals surface area contributed by atoms with Crippen molar-refractivity contribution in [2.45, 2.75) is 70.3 Å². The number of benzene rings is 1. The Labute approximate surface area is 132 Å². The molecule has 2 N–H and O–H groups in total. The molecule has 116 valence electrons. The van der Waals surface area contributed by atoms with Crippen LogP contribution in [0, 0.1) is 0 Å². The van der Waals surface area contributed by atoms with Gasteiger partial charge in [0.15, 0.2) is 0 Å². The van der Waals surface area contributed by atoms with Crippen molar-refractivity contribution in [3.63, 3.8) is 0 Å². The summed E-state index contributed by atoms with van der Waals surface area (Å²) >= 11 is 6.25. The van der Waals surface area contributed by atoms with E-state index >= 15 is 0 Å². The van der Waals surface area contributed by atoms with Gasteiger partial charge in [-0.3, -0.25) is 0 Å². The number of fused-ring (bicyclic) bond motifs is 2. The Balaban J connectivity index is 1.88. The van der Waals surface area contributed by atoms with Gasteiger partial charge in [0, 0.05) is 35.4 Å². The Morgan fingerprint density at radius 1 is 1.29 bits per heavy atom. The zero-order valence-corrected chi connectivity index (χ0v) is 13.6. The zero-order valence-electron chi connectivity index (χ0n) is 12.8. The van der Waals surface area contributed by atoms with Gasteiger partial charge in [0.05, 0.1) is 6.10 Å². The van der Waals surface area contributed by atoms with Crippen molar-refractivity contribution in [1.29, 1.82) is 0 Å². The molecule has 0 radical (unpaired) electrons. The molecule has 3 nitrogen and oxygen atoms in total. The van der Waals surface area contributed by atoms with E-state index in [9.17, 15) is 5.11 Å². The summed E-state index contributed by atoms with van der Waals surface area (Å²) < 4.78 is 0. The van der Waals surface area contributed by atoms with E-state index in [1.807, 2.05) is 6.07 Å². The molecular formula is C17H25ClN2O. The van der Waals surface area contributed by atoms with Gasteiger partial charge in [-0.15, -0.1) is 0 Å². The number of halogens is 1. The number of nitrogens with zero attached hydrogens (tertiary/aromatic N) is 1. The Kier molecular flexibility index (Phi) is 4.43. The fraction of sp³-hybridized carbons (Fsp3) is 0.647. The fourth-order valence-corrected chi connectivity index (χ4v) is 3.95. The molecule has 2 aliphatic heterocycles. The van der Waals surface area contributed by atoms with E-state index in [1.165, 1.54) is 24.1 Å². The molecule has 3 rings (SSSR count). The third-order valence-corrected chi connectivity index (χ3v) is 4.97. The second-order valence-corrected chi connectivity index (χ2v) is 7.16. The van der Waals surface area contributed by atoms with Crippen LogP contribution in [0.2, 0.25) is 5.02 Å². The van der Waals surface area contributed by atoms with Crippen LogP contribution in [0.1, 0.15) is 45.1 Å². The summed E-state index contributed by atoms with van der Waals surface area (Å²) in [5.74, 6) is 0. The van der Waals surface area contributed by atoms with Gasteiger partial charge in [-0.25, -0.2) is 0 Å². The molecule has 0 aromatic heterocycles. The maximum absolute atomic E-state index is 9.99. The van der Waals surface area contributed by atoms with Crippen molar-refractivity contribution in [3.8, 4) is 0 Å². The van der Waals surface area contributed by atoms with Gasteiger partial charge in [-0.1, -0.05) is 31.5 Å². The lowest BCUT2D eigenvalue weighted by atomic mass is 9.97. The predicted molar refractivity (Wildman–Crippen MR) is 88.0 cm³/mol. The predicted octanol–water partition coefficient (Wildman–Crippen LogP) is 3.33. The van der Waals surface area contributed by atoms with E-state index in [4.69, 9.17) is 11.6 Å². The number of rotatable bonds is 4. The number of aliphatic hydroxyl groups excluding tert-OH is 1. The highest BCUT2D eigenvalue weighted by atomic mass is 35.5. The molecule has 0 spiro atoms. The quantitative estimate of drug-likeness (QED) is 0.895. The van der Waals surface area contributed by atoms with Crippen LogP contribution in [0.5, 0.6) is 0 Å². The molecule has 2 unspecified atom stereocenters. The van der Waals surface area contributed by atoms with Crippen LogP contribution < -0.4 is 10.2 Å². The maximum atomic E-state index is 9.99. The average Bonchev–Trinajstić information content (AvgIpc) is 2.69. The molecule has 2 fully saturated rings. The van der Waals surface area contributed by atoms with Crippen LogP contribution in [0.15, 0.2) is 18.2 Å². The Bertz CT molecular complexity index is 492. The lowest BCUT2D eigenvalue weighted by molar-refractivity contribution is 0.126. The minimum absolute atomic E-state index is 0.129. The second-order valence-electron chi connectivity index (χ2n) is 6.73. The summed E-state index contributed by atoms with van der Waals surface area (Å²) in [6, 6.07) is 7.61. The van der Waals surface area contributed by atoms with Crippen LogP contribution in [0.3, 0.4) is 0 Å². The summed E-state index contributed by atoms with van der Waals surface area (Å²) in [5, 5.41) is 14.3. The third kappa shape index (κ3) is 3.20. The molecule has 4 heteroatoms. The molecule has 2 bridgehead atoms. The van der Waals surface area contributed by atoms with E-state index in [2.05, 4.69) is 36.2 Å². The molecule has 2 atom stereocenters. The van der Waals surface area contributed by atoms with Crippen molar-refractivity contribution in [3.05, 3.63) is 28.8 Å². The molecule has 0 amide bonds. The molecule has 1 aromatic rings. The third-order valence-electron chi connectivity index (χ3n) is 4.73. The minimum atomic E-state index is -0.129. The van der Waals surface area contributed by atoms with Crippen LogP contribution in [0.25, 0.3) is 0 Å². The van der Waals surface area contributed by atoms with Gasteiger partial charge in [0.2, 0.25) is 0 Å². The molecule has 2 saturated heterocycles. The Morgan fingerprint density at radius 2 is 1.95 bits per heavy atom. The number of hydrogen-bond acceptors (Lipinski definition) is 3. The lowest BCUT2D eigenvalue weighted by Crippen LogP contribution is -2.45. The van der Waals surface area contributed by atoms with E-state index in [0.29, 0.717) is 18.1 Å². The number of aliphatic hydroxyl groups is 1. The molecule has 2 aliphatic rings. The van der Waals surface area contributed by atoms with Gasteiger partial charge in [-0.2, -0.15) is 0 Å². The SMILES string of the molecule is CC(C)NCc1ccc(Cl)cc1N1C2CCC1CC(O)C2. The number of nitrogens with one attached hydrogen (secondary N) is 1. The van der Waals surface area contributed by atoms with Crippen LogP contribution in [0.4, 0.5) is 5.69 Å². The molecule has 1 aromatic carbocycles. The van der Waals surface area contributed by atoms with Crippen molar-refractivity contribution in [2.24, 2.45) is 0 Å². The molecule has 21 heavy (non-hydrogen) atoms. The summed E-state index contributed by atoms with van der Waals surface area (Å²) in [6.45, 7) is 5.19. The number of anilines is 1. The van der Waals surface area contributed by atoms with Gasteiger partial charge < -0.3 is 15.3 Å². The van der Waals surface area contributed by atoms with E-state index in [-0.39, 0.29) is 6.10 Å².